The molecule has 90 valence electrons. The molecule has 0 saturated heterocycles. The maximum atomic E-state index is 12.6. The average Bonchev–Trinajstić information content (AvgIpc) is 2.20. The van der Waals surface area contributed by atoms with Gasteiger partial charge in [0.2, 0.25) is 6.36 Å². The second kappa shape index (κ2) is 5.88. The van der Waals surface area contributed by atoms with Gasteiger partial charge in [-0.1, -0.05) is 30.7 Å². The van der Waals surface area contributed by atoms with Crippen LogP contribution in [-0.4, -0.2) is 6.36 Å². The molecule has 0 bridgehead atoms. The summed E-state index contributed by atoms with van der Waals surface area (Å²) in [6.07, 6.45) is 5.56. The molecule has 0 radical (unpaired) electrons. The summed E-state index contributed by atoms with van der Waals surface area (Å²) in [4.78, 5) is 0. The van der Waals surface area contributed by atoms with Crippen LogP contribution in [0, 0.1) is 5.92 Å². The van der Waals surface area contributed by atoms with Gasteiger partial charge in [0.05, 0.1) is 0 Å². The number of alkyl halides is 1. The summed E-state index contributed by atoms with van der Waals surface area (Å²) in [5.74, 6) is 1.27. The Morgan fingerprint density at radius 2 is 2.12 bits per heavy atom. The zero-order valence-corrected chi connectivity index (χ0v) is 10.4. The van der Waals surface area contributed by atoms with Crippen LogP contribution in [0.1, 0.15) is 40.0 Å². The lowest BCUT2D eigenvalue weighted by atomic mass is 9.91. The van der Waals surface area contributed by atoms with Crippen molar-refractivity contribution in [3.8, 4) is 0 Å². The molecule has 0 aromatic carbocycles. The highest BCUT2D eigenvalue weighted by atomic mass is 19.1. The second-order valence-corrected chi connectivity index (χ2v) is 4.57. The van der Waals surface area contributed by atoms with Crippen LogP contribution in [0.5, 0.6) is 0 Å². The fourth-order valence-electron chi connectivity index (χ4n) is 1.71. The fraction of sp³-hybridized carbons (Fsp3) is 0.571. The smallest absolute Gasteiger partial charge is 0.235 e. The largest absolute Gasteiger partial charge is 0.465 e. The van der Waals surface area contributed by atoms with E-state index in [0.717, 1.165) is 25.0 Å². The lowest BCUT2D eigenvalue weighted by Crippen LogP contribution is -2.05. The van der Waals surface area contributed by atoms with Crippen molar-refractivity contribution in [2.24, 2.45) is 5.92 Å². The van der Waals surface area contributed by atoms with Crippen molar-refractivity contribution in [1.29, 1.82) is 0 Å². The first kappa shape index (κ1) is 13.0. The first-order chi connectivity index (χ1) is 7.49. The molecule has 2 atom stereocenters. The number of rotatable bonds is 5. The van der Waals surface area contributed by atoms with Gasteiger partial charge in [0, 0.05) is 13.3 Å². The van der Waals surface area contributed by atoms with Gasteiger partial charge in [-0.25, -0.2) is 4.39 Å². The molecular formula is C14H21FO. The average molecular weight is 224 g/mol. The van der Waals surface area contributed by atoms with Crippen LogP contribution in [0.2, 0.25) is 0 Å². The van der Waals surface area contributed by atoms with Crippen molar-refractivity contribution in [3.63, 3.8) is 0 Å². The predicted octanol–water partition coefficient (Wildman–Crippen LogP) is 4.52. The Bertz CT molecular complexity index is 313. The van der Waals surface area contributed by atoms with E-state index in [2.05, 4.69) is 26.5 Å². The minimum Gasteiger partial charge on any atom is -0.465 e. The normalized spacial score (nSPS) is 19.5. The highest BCUT2D eigenvalue weighted by Gasteiger charge is 2.12. The summed E-state index contributed by atoms with van der Waals surface area (Å²) < 4.78 is 17.6. The van der Waals surface area contributed by atoms with E-state index in [-0.39, 0.29) is 0 Å². The summed E-state index contributed by atoms with van der Waals surface area (Å²) >= 11 is 0. The van der Waals surface area contributed by atoms with E-state index in [9.17, 15) is 4.39 Å². The zero-order valence-electron chi connectivity index (χ0n) is 10.4. The summed E-state index contributed by atoms with van der Waals surface area (Å²) in [5, 5.41) is 0. The number of halogens is 1. The quantitative estimate of drug-likeness (QED) is 0.624. The van der Waals surface area contributed by atoms with Crippen molar-refractivity contribution >= 4 is 0 Å². The number of ether oxygens (including phenoxy) is 1. The molecule has 0 saturated carbocycles. The van der Waals surface area contributed by atoms with Gasteiger partial charge in [-0.2, -0.15) is 0 Å². The van der Waals surface area contributed by atoms with Gasteiger partial charge in [-0.3, -0.25) is 0 Å². The van der Waals surface area contributed by atoms with Gasteiger partial charge < -0.3 is 4.74 Å². The van der Waals surface area contributed by atoms with Crippen molar-refractivity contribution in [1.82, 2.24) is 0 Å². The Hall–Kier alpha value is -1.05. The van der Waals surface area contributed by atoms with Crippen LogP contribution >= 0.6 is 0 Å². The Morgan fingerprint density at radius 3 is 2.56 bits per heavy atom. The molecular weight excluding hydrogens is 203 g/mol. The van der Waals surface area contributed by atoms with Gasteiger partial charge in [0.1, 0.15) is 5.76 Å². The first-order valence-electron chi connectivity index (χ1n) is 5.83. The molecule has 2 heteroatoms. The number of allylic oxidation sites excluding steroid dienone is 5. The van der Waals surface area contributed by atoms with Crippen LogP contribution in [0.3, 0.4) is 0 Å². The molecule has 1 rings (SSSR count). The summed E-state index contributed by atoms with van der Waals surface area (Å²) in [7, 11) is 0. The van der Waals surface area contributed by atoms with Crippen LogP contribution in [0.15, 0.2) is 35.6 Å². The molecule has 0 amide bonds. The van der Waals surface area contributed by atoms with E-state index in [1.807, 2.05) is 6.08 Å². The van der Waals surface area contributed by atoms with E-state index < -0.39 is 6.36 Å². The number of hydrogen-bond acceptors (Lipinski definition) is 1. The zero-order chi connectivity index (χ0) is 12.1. The third-order valence-electron chi connectivity index (χ3n) is 2.92. The molecule has 16 heavy (non-hydrogen) atoms. The topological polar surface area (TPSA) is 9.23 Å². The molecule has 0 spiro atoms. The lowest BCUT2D eigenvalue weighted by Gasteiger charge is -2.19. The molecule has 1 aliphatic rings. The van der Waals surface area contributed by atoms with Gasteiger partial charge in [-0.05, 0) is 31.8 Å². The molecule has 0 fully saturated rings. The van der Waals surface area contributed by atoms with E-state index >= 15 is 0 Å². The Kier molecular flexibility index (Phi) is 4.78. The molecule has 1 unspecified atom stereocenters. The van der Waals surface area contributed by atoms with Gasteiger partial charge in [0.15, 0.2) is 0 Å². The van der Waals surface area contributed by atoms with Crippen molar-refractivity contribution in [3.05, 3.63) is 35.6 Å². The molecule has 1 aliphatic carbocycles. The van der Waals surface area contributed by atoms with E-state index in [1.165, 1.54) is 18.1 Å². The SMILES string of the molecule is C=C(C)[C@@H](C)CC1=CC=C(OC(C)F)CC1. The van der Waals surface area contributed by atoms with Crippen LogP contribution in [0.25, 0.3) is 0 Å². The van der Waals surface area contributed by atoms with Crippen LogP contribution in [0.4, 0.5) is 4.39 Å². The summed E-state index contributed by atoms with van der Waals surface area (Å²) in [6.45, 7) is 9.61. The molecule has 0 aromatic heterocycles. The fourth-order valence-corrected chi connectivity index (χ4v) is 1.71. The van der Waals surface area contributed by atoms with E-state index in [1.54, 1.807) is 0 Å². The molecule has 0 aliphatic heterocycles. The Labute approximate surface area is 97.7 Å². The minimum absolute atomic E-state index is 0.516. The lowest BCUT2D eigenvalue weighted by molar-refractivity contribution is 0.0176. The second-order valence-electron chi connectivity index (χ2n) is 4.57. The van der Waals surface area contributed by atoms with Crippen LogP contribution in [-0.2, 0) is 4.74 Å². The first-order valence-corrected chi connectivity index (χ1v) is 5.83. The van der Waals surface area contributed by atoms with Gasteiger partial charge >= 0.3 is 0 Å². The van der Waals surface area contributed by atoms with Crippen molar-refractivity contribution in [2.75, 3.05) is 0 Å². The van der Waals surface area contributed by atoms with E-state index in [4.69, 9.17) is 4.74 Å². The number of hydrogen-bond donors (Lipinski definition) is 0. The molecule has 0 heterocycles. The Morgan fingerprint density at radius 1 is 1.44 bits per heavy atom. The monoisotopic (exact) mass is 224 g/mol. The van der Waals surface area contributed by atoms with Gasteiger partial charge in [0.25, 0.3) is 0 Å². The van der Waals surface area contributed by atoms with Crippen molar-refractivity contribution in [2.45, 2.75) is 46.4 Å². The summed E-state index contributed by atoms with van der Waals surface area (Å²) in [5.41, 5.74) is 2.61. The molecule has 0 aromatic rings. The maximum Gasteiger partial charge on any atom is 0.235 e. The highest BCUT2D eigenvalue weighted by Crippen LogP contribution is 2.27. The third-order valence-corrected chi connectivity index (χ3v) is 2.92. The standard InChI is InChI=1S/C14H21FO/c1-10(2)11(3)9-13-5-7-14(8-6-13)16-12(4)15/h5,7,11-12H,1,6,8-9H2,2-4H3/t11-,12?/m0/s1. The van der Waals surface area contributed by atoms with Gasteiger partial charge in [-0.15, -0.1) is 0 Å². The Balaban J connectivity index is 2.51. The maximum absolute atomic E-state index is 12.6. The van der Waals surface area contributed by atoms with Crippen molar-refractivity contribution < 1.29 is 9.13 Å². The molecule has 0 N–H and O–H groups in total. The predicted molar refractivity (Wildman–Crippen MR) is 65.7 cm³/mol. The third kappa shape index (κ3) is 4.21. The van der Waals surface area contributed by atoms with Crippen LogP contribution < -0.4 is 0 Å². The summed E-state index contributed by atoms with van der Waals surface area (Å²) in [6, 6.07) is 0. The molecule has 1 nitrogen and oxygen atoms in total. The highest BCUT2D eigenvalue weighted by molar-refractivity contribution is 5.22. The van der Waals surface area contributed by atoms with E-state index in [0.29, 0.717) is 5.92 Å². The minimum atomic E-state index is -1.21.